The number of anilines is 1. The molecule has 3 N–H and O–H groups in total. The van der Waals surface area contributed by atoms with Gasteiger partial charge in [-0.15, -0.1) is 11.3 Å². The van der Waals surface area contributed by atoms with Crippen molar-refractivity contribution in [1.82, 2.24) is 0 Å². The van der Waals surface area contributed by atoms with Crippen LogP contribution >= 0.6 is 27.3 Å². The molecule has 7 heteroatoms. The Balaban J connectivity index is 2.39. The summed E-state index contributed by atoms with van der Waals surface area (Å²) in [5.74, 6) is 0. The van der Waals surface area contributed by atoms with E-state index in [0.29, 0.717) is 10.6 Å². The number of sulfonamides is 1. The molecule has 0 fully saturated rings. The minimum atomic E-state index is -3.59. The fraction of sp³-hybridized carbons (Fsp3) is 0.231. The molecule has 1 aromatic heterocycles. The largest absolute Gasteiger partial charge is 0.326 e. The van der Waals surface area contributed by atoms with E-state index in [1.54, 1.807) is 23.6 Å². The number of nitrogens with two attached hydrogens (primary N) is 1. The van der Waals surface area contributed by atoms with Crippen LogP contribution in [0.5, 0.6) is 0 Å². The Bertz CT molecular complexity index is 716. The predicted molar refractivity (Wildman–Crippen MR) is 86.6 cm³/mol. The molecule has 0 saturated carbocycles. The zero-order chi connectivity index (χ0) is 14.9. The van der Waals surface area contributed by atoms with Gasteiger partial charge in [-0.3, -0.25) is 4.72 Å². The van der Waals surface area contributed by atoms with Crippen molar-refractivity contribution in [3.63, 3.8) is 0 Å². The quantitative estimate of drug-likeness (QED) is 0.861. The highest BCUT2D eigenvalue weighted by atomic mass is 79.9. The maximum atomic E-state index is 12.4. The van der Waals surface area contributed by atoms with E-state index < -0.39 is 10.0 Å². The summed E-state index contributed by atoms with van der Waals surface area (Å²) in [4.78, 5) is 0.909. The summed E-state index contributed by atoms with van der Waals surface area (Å²) in [6, 6.07) is 5.17. The lowest BCUT2D eigenvalue weighted by Gasteiger charge is -2.11. The molecule has 0 aliphatic rings. The molecular formula is C13H15BrN2O2S2. The first-order valence-corrected chi connectivity index (χ1v) is 9.06. The van der Waals surface area contributed by atoms with Crippen LogP contribution in [-0.2, 0) is 16.6 Å². The van der Waals surface area contributed by atoms with Gasteiger partial charge in [-0.2, -0.15) is 0 Å². The molecule has 4 nitrogen and oxygen atoms in total. The van der Waals surface area contributed by atoms with Crippen LogP contribution in [0.4, 0.5) is 5.69 Å². The van der Waals surface area contributed by atoms with Crippen LogP contribution in [0.2, 0.25) is 0 Å². The van der Waals surface area contributed by atoms with Crippen molar-refractivity contribution in [1.29, 1.82) is 0 Å². The summed E-state index contributed by atoms with van der Waals surface area (Å²) in [5.41, 5.74) is 8.08. The molecule has 0 atom stereocenters. The van der Waals surface area contributed by atoms with Gasteiger partial charge in [0.25, 0.3) is 10.0 Å². The van der Waals surface area contributed by atoms with Crippen molar-refractivity contribution < 1.29 is 8.42 Å². The van der Waals surface area contributed by atoms with Gasteiger partial charge in [0, 0.05) is 21.6 Å². The third kappa shape index (κ3) is 3.06. The number of rotatable bonds is 4. The lowest BCUT2D eigenvalue weighted by atomic mass is 10.1. The van der Waals surface area contributed by atoms with Crippen LogP contribution in [0.3, 0.4) is 0 Å². The predicted octanol–water partition coefficient (Wildman–Crippen LogP) is 3.39. The third-order valence-electron chi connectivity index (χ3n) is 2.87. The van der Waals surface area contributed by atoms with Crippen LogP contribution in [0.1, 0.15) is 16.0 Å². The molecule has 0 spiro atoms. The van der Waals surface area contributed by atoms with Crippen molar-refractivity contribution in [2.75, 3.05) is 4.72 Å². The van der Waals surface area contributed by atoms with E-state index in [1.165, 1.54) is 11.3 Å². The molecule has 0 amide bonds. The Kier molecular flexibility index (Phi) is 4.53. The number of thiophene rings is 1. The van der Waals surface area contributed by atoms with Gasteiger partial charge < -0.3 is 5.73 Å². The van der Waals surface area contributed by atoms with Gasteiger partial charge in [0.1, 0.15) is 4.90 Å². The van der Waals surface area contributed by atoms with Crippen molar-refractivity contribution in [2.24, 2.45) is 5.73 Å². The van der Waals surface area contributed by atoms with E-state index in [1.807, 2.05) is 13.8 Å². The average Bonchev–Trinajstić information content (AvgIpc) is 2.84. The summed E-state index contributed by atoms with van der Waals surface area (Å²) < 4.78 is 28.3. The van der Waals surface area contributed by atoms with Crippen LogP contribution in [0.25, 0.3) is 0 Å². The van der Waals surface area contributed by atoms with Crippen molar-refractivity contribution in [3.8, 4) is 0 Å². The highest BCUT2D eigenvalue weighted by Gasteiger charge is 2.19. The normalized spacial score (nSPS) is 11.6. The number of halogens is 1. The monoisotopic (exact) mass is 374 g/mol. The number of benzene rings is 1. The van der Waals surface area contributed by atoms with Crippen molar-refractivity contribution in [2.45, 2.75) is 25.3 Å². The van der Waals surface area contributed by atoms with Crippen LogP contribution < -0.4 is 10.5 Å². The molecular weight excluding hydrogens is 360 g/mol. The van der Waals surface area contributed by atoms with E-state index in [4.69, 9.17) is 5.73 Å². The van der Waals surface area contributed by atoms with E-state index in [2.05, 4.69) is 20.7 Å². The van der Waals surface area contributed by atoms with Gasteiger partial charge >= 0.3 is 0 Å². The van der Waals surface area contributed by atoms with E-state index >= 15 is 0 Å². The maximum absolute atomic E-state index is 12.4. The summed E-state index contributed by atoms with van der Waals surface area (Å²) in [6.07, 6.45) is 0. The van der Waals surface area contributed by atoms with Gasteiger partial charge in [-0.25, -0.2) is 8.42 Å². The first-order chi connectivity index (χ1) is 9.35. The Labute approximate surface area is 131 Å². The van der Waals surface area contributed by atoms with E-state index in [-0.39, 0.29) is 11.4 Å². The fourth-order valence-corrected chi connectivity index (χ4v) is 4.54. The summed E-state index contributed by atoms with van der Waals surface area (Å²) in [6.45, 7) is 4.06. The molecule has 0 aliphatic carbocycles. The fourth-order valence-electron chi connectivity index (χ4n) is 1.93. The maximum Gasteiger partial charge on any atom is 0.263 e. The van der Waals surface area contributed by atoms with Gasteiger partial charge in [-0.05, 0) is 48.6 Å². The standard InChI is InChI=1S/C13H15BrN2O2S2/c1-8-5-10(6-9(2)13(8)14)16-20(17,18)12-3-4-19-11(12)7-15/h3-6,16H,7,15H2,1-2H3. The number of aryl methyl sites for hydroxylation is 2. The summed E-state index contributed by atoms with van der Waals surface area (Å²) in [5, 5.41) is 1.73. The molecule has 108 valence electrons. The van der Waals surface area contributed by atoms with Gasteiger partial charge in [0.2, 0.25) is 0 Å². The molecule has 2 rings (SSSR count). The second-order valence-corrected chi connectivity index (χ2v) is 7.89. The van der Waals surface area contributed by atoms with Crippen LogP contribution in [0, 0.1) is 13.8 Å². The third-order valence-corrected chi connectivity index (χ3v) is 6.66. The van der Waals surface area contributed by atoms with Crippen LogP contribution in [-0.4, -0.2) is 8.42 Å². The zero-order valence-corrected chi connectivity index (χ0v) is 14.3. The van der Waals surface area contributed by atoms with Crippen molar-refractivity contribution in [3.05, 3.63) is 44.1 Å². The first kappa shape index (κ1) is 15.5. The van der Waals surface area contributed by atoms with E-state index in [0.717, 1.165) is 15.6 Å². The molecule has 0 aliphatic heterocycles. The van der Waals surface area contributed by atoms with Crippen molar-refractivity contribution >= 4 is 43.0 Å². The second-order valence-electron chi connectivity index (χ2n) is 4.44. The summed E-state index contributed by atoms with van der Waals surface area (Å²) >= 11 is 4.81. The van der Waals surface area contributed by atoms with Gasteiger partial charge in [-0.1, -0.05) is 15.9 Å². The first-order valence-electron chi connectivity index (χ1n) is 5.91. The Morgan fingerprint density at radius 1 is 1.30 bits per heavy atom. The minimum Gasteiger partial charge on any atom is -0.326 e. The molecule has 20 heavy (non-hydrogen) atoms. The SMILES string of the molecule is Cc1cc(NS(=O)(=O)c2ccsc2CN)cc(C)c1Br. The number of hydrogen-bond donors (Lipinski definition) is 2. The Morgan fingerprint density at radius 3 is 2.45 bits per heavy atom. The molecule has 1 heterocycles. The highest BCUT2D eigenvalue weighted by molar-refractivity contribution is 9.10. The molecule has 0 unspecified atom stereocenters. The Hall–Kier alpha value is -0.890. The smallest absolute Gasteiger partial charge is 0.263 e. The zero-order valence-electron chi connectivity index (χ0n) is 11.1. The highest BCUT2D eigenvalue weighted by Crippen LogP contribution is 2.28. The minimum absolute atomic E-state index is 0.215. The molecule has 0 radical (unpaired) electrons. The molecule has 0 saturated heterocycles. The lowest BCUT2D eigenvalue weighted by Crippen LogP contribution is -2.15. The molecule has 2 aromatic rings. The molecule has 0 bridgehead atoms. The van der Waals surface area contributed by atoms with Crippen LogP contribution in [0.15, 0.2) is 32.9 Å². The van der Waals surface area contributed by atoms with Gasteiger partial charge in [0.15, 0.2) is 0 Å². The topological polar surface area (TPSA) is 72.2 Å². The second kappa shape index (κ2) is 5.85. The number of nitrogens with one attached hydrogen (secondary N) is 1. The number of hydrogen-bond acceptors (Lipinski definition) is 4. The van der Waals surface area contributed by atoms with Gasteiger partial charge in [0.05, 0.1) is 0 Å². The average molecular weight is 375 g/mol. The molecule has 1 aromatic carbocycles. The Morgan fingerprint density at radius 2 is 1.90 bits per heavy atom. The summed E-state index contributed by atoms with van der Waals surface area (Å²) in [7, 11) is -3.59. The van der Waals surface area contributed by atoms with E-state index in [9.17, 15) is 8.42 Å². The lowest BCUT2D eigenvalue weighted by molar-refractivity contribution is 0.600.